The first-order valence-electron chi connectivity index (χ1n) is 8.83. The highest BCUT2D eigenvalue weighted by molar-refractivity contribution is 6.08. The smallest absolute Gasteiger partial charge is 0.238 e. The van der Waals surface area contributed by atoms with E-state index in [9.17, 15) is 14.7 Å². The number of hydrogen-bond acceptors (Lipinski definition) is 7. The Kier molecular flexibility index (Phi) is 7.44. The Morgan fingerprint density at radius 3 is 2.85 bits per heavy atom. The van der Waals surface area contributed by atoms with Gasteiger partial charge in [-0.3, -0.25) is 14.5 Å². The number of nitrogens with one attached hydrogen (secondary N) is 1. The van der Waals surface area contributed by atoms with E-state index < -0.39 is 6.04 Å². The van der Waals surface area contributed by atoms with E-state index in [-0.39, 0.29) is 36.5 Å². The van der Waals surface area contributed by atoms with Crippen LogP contribution in [0, 0.1) is 0 Å². The van der Waals surface area contributed by atoms with Gasteiger partial charge in [-0.1, -0.05) is 12.4 Å². The fourth-order valence-electron chi connectivity index (χ4n) is 2.92. The molecule has 0 spiro atoms. The zero-order valence-corrected chi connectivity index (χ0v) is 15.0. The number of carbonyl (C=O) groups excluding carboxylic acids is 2. The average molecular weight is 363 g/mol. The highest BCUT2D eigenvalue weighted by atomic mass is 16.5. The normalized spacial score (nSPS) is 15.9. The van der Waals surface area contributed by atoms with Crippen molar-refractivity contribution in [3.05, 3.63) is 23.3 Å². The summed E-state index contributed by atoms with van der Waals surface area (Å²) in [7, 11) is 2.00. The zero-order chi connectivity index (χ0) is 19.1. The van der Waals surface area contributed by atoms with E-state index in [2.05, 4.69) is 5.32 Å². The van der Waals surface area contributed by atoms with Gasteiger partial charge in [-0.15, -0.1) is 0 Å². The number of aliphatic hydroxyl groups excluding tert-OH is 1. The molecule has 9 heteroatoms. The van der Waals surface area contributed by atoms with E-state index in [1.54, 1.807) is 12.1 Å². The lowest BCUT2D eigenvalue weighted by molar-refractivity contribution is -0.123. The molecule has 142 valence electrons. The Bertz CT molecular complexity index is 637. The molecule has 0 radical (unpaired) electrons. The molecule has 1 saturated heterocycles. The van der Waals surface area contributed by atoms with E-state index in [0.29, 0.717) is 38.1 Å². The summed E-state index contributed by atoms with van der Waals surface area (Å²) in [6, 6.07) is 2.81. The monoisotopic (exact) mass is 363 g/mol. The fraction of sp³-hybridized carbons (Fsp3) is 0.529. The van der Waals surface area contributed by atoms with E-state index in [4.69, 9.17) is 15.6 Å². The van der Waals surface area contributed by atoms with Gasteiger partial charge >= 0.3 is 0 Å². The van der Waals surface area contributed by atoms with E-state index in [0.717, 1.165) is 11.9 Å². The Morgan fingerprint density at radius 1 is 1.50 bits per heavy atom. The Morgan fingerprint density at radius 2 is 2.23 bits per heavy atom. The number of phenols is 1. The zero-order valence-electron chi connectivity index (χ0n) is 15.0. The molecule has 1 amide bonds. The molecule has 5 N–H and O–H groups in total. The largest absolute Gasteiger partial charge is 0.507 e. The molecular formula is C17H26BN3O5. The summed E-state index contributed by atoms with van der Waals surface area (Å²) in [4.78, 5) is 25.0. The number of nitrogens with two attached hydrogens (primary N) is 1. The minimum Gasteiger partial charge on any atom is -0.507 e. The maximum atomic E-state index is 11.7. The molecule has 8 nitrogen and oxygen atoms in total. The van der Waals surface area contributed by atoms with E-state index >= 15 is 0 Å². The second kappa shape index (κ2) is 9.56. The summed E-state index contributed by atoms with van der Waals surface area (Å²) < 4.78 is 5.82. The maximum absolute atomic E-state index is 11.7. The number of amides is 1. The van der Waals surface area contributed by atoms with Gasteiger partial charge in [0.05, 0.1) is 18.2 Å². The predicted molar refractivity (Wildman–Crippen MR) is 99.5 cm³/mol. The molecule has 1 heterocycles. The first kappa shape index (κ1) is 20.2. The summed E-state index contributed by atoms with van der Waals surface area (Å²) in [5, 5.41) is 21.4. The summed E-state index contributed by atoms with van der Waals surface area (Å²) in [5.41, 5.74) is 6.73. The molecule has 1 aromatic carbocycles. The van der Waals surface area contributed by atoms with Crippen LogP contribution in [-0.4, -0.2) is 80.1 Å². The number of carbonyl (C=O) groups is 2. The number of ether oxygens (including phenoxy) is 1. The van der Waals surface area contributed by atoms with Crippen LogP contribution in [0.25, 0.3) is 0 Å². The number of hydrogen-bond donors (Lipinski definition) is 4. The molecule has 1 fully saturated rings. The van der Waals surface area contributed by atoms with Crippen molar-refractivity contribution < 1.29 is 24.5 Å². The van der Waals surface area contributed by atoms with Gasteiger partial charge in [0.2, 0.25) is 5.91 Å². The molecule has 0 aromatic heterocycles. The number of likely N-dealkylation sites (tertiary alicyclic amines) is 1. The van der Waals surface area contributed by atoms with Crippen molar-refractivity contribution in [2.75, 3.05) is 32.8 Å². The van der Waals surface area contributed by atoms with E-state index in [1.165, 1.54) is 0 Å². The molecule has 1 aliphatic rings. The molecule has 1 aromatic rings. The van der Waals surface area contributed by atoms with Crippen LogP contribution in [-0.2, 0) is 11.2 Å². The topological polar surface area (TPSA) is 125 Å². The van der Waals surface area contributed by atoms with Gasteiger partial charge in [0.1, 0.15) is 25.4 Å². The quantitative estimate of drug-likeness (QED) is 0.288. The fourth-order valence-corrected chi connectivity index (χ4v) is 2.92. The third kappa shape index (κ3) is 4.97. The molecule has 1 atom stereocenters. The number of aldehydes is 1. The van der Waals surface area contributed by atoms with Crippen molar-refractivity contribution in [2.24, 2.45) is 5.73 Å². The first-order chi connectivity index (χ1) is 12.5. The highest BCUT2D eigenvalue weighted by Crippen LogP contribution is 2.32. The summed E-state index contributed by atoms with van der Waals surface area (Å²) in [6.45, 7) is 1.61. The number of rotatable bonds is 10. The molecular weight excluding hydrogens is 337 g/mol. The van der Waals surface area contributed by atoms with Crippen molar-refractivity contribution in [1.82, 2.24) is 10.2 Å². The van der Waals surface area contributed by atoms with Crippen LogP contribution in [0.5, 0.6) is 11.5 Å². The molecule has 0 aliphatic carbocycles. The molecule has 26 heavy (non-hydrogen) atoms. The van der Waals surface area contributed by atoms with Gasteiger partial charge in [0.25, 0.3) is 0 Å². The number of benzene rings is 1. The van der Waals surface area contributed by atoms with Crippen LogP contribution in [0.3, 0.4) is 0 Å². The molecule has 1 aliphatic heterocycles. The van der Waals surface area contributed by atoms with Gasteiger partial charge in [-0.05, 0) is 18.1 Å². The number of nitrogens with zero attached hydrogens (tertiary/aromatic N) is 1. The summed E-state index contributed by atoms with van der Waals surface area (Å²) >= 11 is 0. The highest BCUT2D eigenvalue weighted by Gasteiger charge is 2.31. The first-order valence-corrected chi connectivity index (χ1v) is 8.83. The summed E-state index contributed by atoms with van der Waals surface area (Å²) in [5.74, 6) is 0.0493. The van der Waals surface area contributed by atoms with E-state index in [1.807, 2.05) is 12.7 Å². The third-order valence-electron chi connectivity index (χ3n) is 4.32. The Labute approximate surface area is 153 Å². The molecule has 1 unspecified atom stereocenters. The second-order valence-electron chi connectivity index (χ2n) is 6.43. The van der Waals surface area contributed by atoms with Crippen molar-refractivity contribution in [2.45, 2.75) is 24.9 Å². The number of aromatic hydroxyl groups is 1. The summed E-state index contributed by atoms with van der Waals surface area (Å²) in [6.07, 6.45) is 2.05. The van der Waals surface area contributed by atoms with Crippen LogP contribution < -0.4 is 15.8 Å². The van der Waals surface area contributed by atoms with Gasteiger partial charge in [-0.2, -0.15) is 0 Å². The van der Waals surface area contributed by atoms with Crippen LogP contribution in [0.1, 0.15) is 15.9 Å². The van der Waals surface area contributed by atoms with Gasteiger partial charge in [-0.25, -0.2) is 0 Å². The third-order valence-corrected chi connectivity index (χ3v) is 4.32. The van der Waals surface area contributed by atoms with Crippen LogP contribution >= 0.6 is 0 Å². The molecule has 2 rings (SSSR count). The predicted octanol–water partition coefficient (Wildman–Crippen LogP) is -1.70. The number of aliphatic hydroxyl groups is 1. The minimum atomic E-state index is -0.676. The Balaban J connectivity index is 1.86. The lowest BCUT2D eigenvalue weighted by atomic mass is 9.95. The number of aryl methyl sites for hydroxylation is 1. The van der Waals surface area contributed by atoms with Crippen molar-refractivity contribution in [3.63, 3.8) is 0 Å². The van der Waals surface area contributed by atoms with Gasteiger partial charge < -0.3 is 26.0 Å². The van der Waals surface area contributed by atoms with Gasteiger partial charge in [0.15, 0.2) is 6.29 Å². The molecule has 0 bridgehead atoms. The van der Waals surface area contributed by atoms with Crippen molar-refractivity contribution in [3.8, 4) is 11.5 Å². The maximum Gasteiger partial charge on any atom is 0.238 e. The van der Waals surface area contributed by atoms with Crippen molar-refractivity contribution >= 4 is 20.0 Å². The molecule has 0 saturated carbocycles. The second-order valence-corrected chi connectivity index (χ2v) is 6.43. The standard InChI is InChI=1S/C17H26BN3O5/c18-4-3-11-1-2-15(13(10-23)16(11)24)26-12-7-21(8-12)9-14(19)17(25)20-5-6-22/h1-2,10,12,14,22,24H,3-9,18-19H2,(H,20,25). The van der Waals surface area contributed by atoms with Gasteiger partial charge in [0, 0.05) is 26.2 Å². The van der Waals surface area contributed by atoms with Crippen LogP contribution in [0.15, 0.2) is 12.1 Å². The minimum absolute atomic E-state index is 0.0156. The number of phenolic OH excluding ortho intramolecular Hbond substituents is 1. The Hall–Kier alpha value is -2.10. The lowest BCUT2D eigenvalue weighted by Crippen LogP contribution is -2.59. The van der Waals surface area contributed by atoms with Crippen LogP contribution in [0.2, 0.25) is 6.32 Å². The van der Waals surface area contributed by atoms with Crippen molar-refractivity contribution in [1.29, 1.82) is 0 Å². The van der Waals surface area contributed by atoms with Crippen LogP contribution in [0.4, 0.5) is 0 Å². The average Bonchev–Trinajstić information content (AvgIpc) is 2.60. The SMILES string of the molecule is BCCc1ccc(OC2CN(CC(N)C(=O)NCCO)C2)c(C=O)c1O. The lowest BCUT2D eigenvalue weighted by Gasteiger charge is -2.40.